The van der Waals surface area contributed by atoms with E-state index in [1.165, 1.54) is 6.42 Å². The van der Waals surface area contributed by atoms with Crippen LogP contribution in [0.25, 0.3) is 0 Å². The molecular weight excluding hydrogens is 128 g/mol. The second-order valence-corrected chi connectivity index (χ2v) is 2.52. The maximum absolute atomic E-state index is 6.67. The molecule has 4 heteroatoms. The number of rotatable bonds is 2. The highest BCUT2D eigenvalue weighted by molar-refractivity contribution is 4.63. The topological polar surface area (TPSA) is 51.5 Å². The molecule has 1 fully saturated rings. The number of nitrogens with one attached hydrogen (secondary N) is 2. The second-order valence-electron chi connectivity index (χ2n) is 2.52. The molecule has 4 nitrogen and oxygen atoms in total. The van der Waals surface area contributed by atoms with Gasteiger partial charge in [0.2, 0.25) is 0 Å². The first-order chi connectivity index (χ1) is 4.93. The molecule has 0 radical (unpaired) electrons. The summed E-state index contributed by atoms with van der Waals surface area (Å²) in [5.41, 5.74) is 6.67. The molecule has 58 valence electrons. The second kappa shape index (κ2) is 4.35. The Morgan fingerprint density at radius 1 is 1.40 bits per heavy atom. The fraction of sp³-hybridized carbons (Fsp3) is 1.00. The molecule has 1 heterocycles. The molecule has 0 amide bonds. The average molecular weight is 142 g/mol. The highest BCUT2D eigenvalue weighted by Gasteiger charge is 2.05. The zero-order valence-electron chi connectivity index (χ0n) is 6.14. The summed E-state index contributed by atoms with van der Waals surface area (Å²) in [5, 5.41) is 6.64. The summed E-state index contributed by atoms with van der Waals surface area (Å²) in [5.74, 6) is 0. The Kier molecular flexibility index (Phi) is 3.32. The normalized spacial score (nSPS) is 22.0. The molecule has 2 N–H and O–H groups in total. The van der Waals surface area contributed by atoms with Gasteiger partial charge in [-0.15, -0.1) is 0 Å². The lowest BCUT2D eigenvalue weighted by Crippen LogP contribution is -2.27. The fourth-order valence-electron chi connectivity index (χ4n) is 1.14. The number of nitrogens with zero attached hydrogens (tertiary/aromatic N) is 2. The van der Waals surface area contributed by atoms with E-state index in [-0.39, 0.29) is 0 Å². The van der Waals surface area contributed by atoms with E-state index >= 15 is 0 Å². The molecule has 1 saturated heterocycles. The monoisotopic (exact) mass is 142 g/mol. The number of hydrogen-bond donors (Lipinski definition) is 2. The highest BCUT2D eigenvalue weighted by Crippen LogP contribution is 1.93. The van der Waals surface area contributed by atoms with Gasteiger partial charge in [-0.25, -0.2) is 5.53 Å². The summed E-state index contributed by atoms with van der Waals surface area (Å²) in [7, 11) is 0. The summed E-state index contributed by atoms with van der Waals surface area (Å²) < 4.78 is 0. The van der Waals surface area contributed by atoms with Gasteiger partial charge in [-0.3, -0.25) is 4.90 Å². The van der Waals surface area contributed by atoms with Crippen LogP contribution < -0.4 is 5.32 Å². The van der Waals surface area contributed by atoms with Crippen LogP contribution in [-0.4, -0.2) is 37.7 Å². The van der Waals surface area contributed by atoms with Crippen LogP contribution in [0.15, 0.2) is 5.11 Å². The van der Waals surface area contributed by atoms with E-state index in [2.05, 4.69) is 15.3 Å². The molecule has 0 saturated carbocycles. The van der Waals surface area contributed by atoms with Gasteiger partial charge in [0.25, 0.3) is 0 Å². The maximum atomic E-state index is 6.67. The van der Waals surface area contributed by atoms with Crippen LogP contribution in [0, 0.1) is 5.53 Å². The van der Waals surface area contributed by atoms with Gasteiger partial charge in [-0.2, -0.15) is 5.11 Å². The van der Waals surface area contributed by atoms with Crippen LogP contribution in [0.1, 0.15) is 6.42 Å². The molecule has 10 heavy (non-hydrogen) atoms. The minimum Gasteiger partial charge on any atom is -0.315 e. The van der Waals surface area contributed by atoms with Crippen molar-refractivity contribution in [1.82, 2.24) is 10.2 Å². The van der Waals surface area contributed by atoms with Gasteiger partial charge in [0.05, 0.1) is 0 Å². The molecule has 0 spiro atoms. The SMILES string of the molecule is N=NCN1CCCNCC1. The molecule has 0 aromatic carbocycles. The van der Waals surface area contributed by atoms with Gasteiger partial charge in [-0.05, 0) is 13.0 Å². The van der Waals surface area contributed by atoms with Gasteiger partial charge in [0.1, 0.15) is 6.67 Å². The quantitative estimate of drug-likeness (QED) is 0.544. The summed E-state index contributed by atoms with van der Waals surface area (Å²) in [4.78, 5) is 2.19. The van der Waals surface area contributed by atoms with Crippen molar-refractivity contribution in [2.45, 2.75) is 6.42 Å². The van der Waals surface area contributed by atoms with E-state index in [1.54, 1.807) is 0 Å². The van der Waals surface area contributed by atoms with Gasteiger partial charge >= 0.3 is 0 Å². The fourth-order valence-corrected chi connectivity index (χ4v) is 1.14. The lowest BCUT2D eigenvalue weighted by Gasteiger charge is -2.14. The molecule has 0 aromatic rings. The van der Waals surface area contributed by atoms with Crippen molar-refractivity contribution in [3.8, 4) is 0 Å². The van der Waals surface area contributed by atoms with E-state index in [4.69, 9.17) is 5.53 Å². The predicted molar refractivity (Wildman–Crippen MR) is 39.1 cm³/mol. The summed E-state index contributed by atoms with van der Waals surface area (Å²) >= 11 is 0. The zero-order chi connectivity index (χ0) is 7.23. The smallest absolute Gasteiger partial charge is 0.112 e. The first-order valence-electron chi connectivity index (χ1n) is 3.70. The molecule has 1 aliphatic rings. The molecule has 1 rings (SSSR count). The number of hydrogen-bond acceptors (Lipinski definition) is 4. The third-order valence-electron chi connectivity index (χ3n) is 1.70. The Morgan fingerprint density at radius 3 is 3.10 bits per heavy atom. The van der Waals surface area contributed by atoms with Crippen molar-refractivity contribution < 1.29 is 0 Å². The summed E-state index contributed by atoms with van der Waals surface area (Å²) in [6, 6.07) is 0. The Morgan fingerprint density at radius 2 is 2.30 bits per heavy atom. The molecule has 0 atom stereocenters. The molecular formula is C6H14N4. The van der Waals surface area contributed by atoms with Crippen molar-refractivity contribution in [2.75, 3.05) is 32.8 Å². The van der Waals surface area contributed by atoms with Crippen molar-refractivity contribution in [2.24, 2.45) is 5.11 Å². The first kappa shape index (κ1) is 7.63. The minimum absolute atomic E-state index is 0.571. The van der Waals surface area contributed by atoms with E-state index in [0.29, 0.717) is 6.67 Å². The molecule has 0 aromatic heterocycles. The Hall–Kier alpha value is -0.480. The van der Waals surface area contributed by atoms with Gasteiger partial charge in [0, 0.05) is 19.6 Å². The first-order valence-corrected chi connectivity index (χ1v) is 3.70. The van der Waals surface area contributed by atoms with Crippen LogP contribution in [0.3, 0.4) is 0 Å². The predicted octanol–water partition coefficient (Wildman–Crippen LogP) is 0.270. The van der Waals surface area contributed by atoms with E-state index in [9.17, 15) is 0 Å². The lowest BCUT2D eigenvalue weighted by atomic mass is 10.4. The standard InChI is InChI=1S/C6H14N4/c7-9-6-10-4-1-2-8-3-5-10/h7-8H,1-6H2. The van der Waals surface area contributed by atoms with Crippen molar-refractivity contribution >= 4 is 0 Å². The van der Waals surface area contributed by atoms with Gasteiger partial charge in [-0.1, -0.05) is 0 Å². The molecule has 0 bridgehead atoms. The van der Waals surface area contributed by atoms with Crippen LogP contribution in [0.2, 0.25) is 0 Å². The van der Waals surface area contributed by atoms with E-state index in [1.807, 2.05) is 0 Å². The van der Waals surface area contributed by atoms with Crippen LogP contribution >= 0.6 is 0 Å². The van der Waals surface area contributed by atoms with Crippen LogP contribution in [0.5, 0.6) is 0 Å². The van der Waals surface area contributed by atoms with Gasteiger partial charge < -0.3 is 5.32 Å². The third-order valence-corrected chi connectivity index (χ3v) is 1.70. The van der Waals surface area contributed by atoms with Gasteiger partial charge in [0.15, 0.2) is 0 Å². The van der Waals surface area contributed by atoms with E-state index in [0.717, 1.165) is 26.2 Å². The Balaban J connectivity index is 2.21. The van der Waals surface area contributed by atoms with Crippen molar-refractivity contribution in [1.29, 1.82) is 5.53 Å². The zero-order valence-corrected chi connectivity index (χ0v) is 6.14. The van der Waals surface area contributed by atoms with Crippen LogP contribution in [0.4, 0.5) is 0 Å². The van der Waals surface area contributed by atoms with Crippen molar-refractivity contribution in [3.05, 3.63) is 0 Å². The average Bonchev–Trinajstić information content (AvgIpc) is 2.17. The van der Waals surface area contributed by atoms with E-state index < -0.39 is 0 Å². The minimum atomic E-state index is 0.571. The summed E-state index contributed by atoms with van der Waals surface area (Å²) in [6.07, 6.45) is 1.18. The largest absolute Gasteiger partial charge is 0.315 e. The maximum Gasteiger partial charge on any atom is 0.112 e. The molecule has 0 aliphatic carbocycles. The lowest BCUT2D eigenvalue weighted by molar-refractivity contribution is 0.295. The highest BCUT2D eigenvalue weighted by atomic mass is 15.2. The third kappa shape index (κ3) is 2.41. The summed E-state index contributed by atoms with van der Waals surface area (Å²) in [6.45, 7) is 4.82. The Bertz CT molecular complexity index is 95.9. The van der Waals surface area contributed by atoms with Crippen LogP contribution in [-0.2, 0) is 0 Å². The Labute approximate surface area is 61.1 Å². The molecule has 1 aliphatic heterocycles. The molecule has 0 unspecified atom stereocenters. The van der Waals surface area contributed by atoms with Crippen molar-refractivity contribution in [3.63, 3.8) is 0 Å².